The average molecular weight is 305 g/mol. The molecule has 0 aromatic carbocycles. The molecule has 0 aliphatic heterocycles. The predicted octanol–water partition coefficient (Wildman–Crippen LogP) is 2.08. The van der Waals surface area contributed by atoms with Crippen molar-refractivity contribution in [3.63, 3.8) is 0 Å². The molecule has 7 heteroatoms. The second-order valence-corrected chi connectivity index (χ2v) is 8.72. The van der Waals surface area contributed by atoms with Crippen LogP contribution in [0.4, 0.5) is 0 Å². The van der Waals surface area contributed by atoms with Gasteiger partial charge in [-0.1, -0.05) is 27.7 Å². The van der Waals surface area contributed by atoms with Crippen LogP contribution in [0.15, 0.2) is 5.38 Å². The van der Waals surface area contributed by atoms with Crippen LogP contribution < -0.4 is 0 Å². The Bertz CT molecular complexity index is 555. The lowest BCUT2D eigenvalue weighted by Crippen LogP contribution is -2.22. The van der Waals surface area contributed by atoms with Crippen molar-refractivity contribution < 1.29 is 18.3 Å². The van der Waals surface area contributed by atoms with Crippen LogP contribution in [-0.4, -0.2) is 30.2 Å². The molecule has 19 heavy (non-hydrogen) atoms. The molecule has 1 aromatic rings. The Morgan fingerprint density at radius 2 is 2.05 bits per heavy atom. The maximum atomic E-state index is 11.9. The van der Waals surface area contributed by atoms with E-state index in [4.69, 9.17) is 5.11 Å². The van der Waals surface area contributed by atoms with Gasteiger partial charge in [-0.15, -0.1) is 11.3 Å². The van der Waals surface area contributed by atoms with E-state index in [1.165, 1.54) is 18.3 Å². The lowest BCUT2D eigenvalue weighted by Gasteiger charge is -2.14. The van der Waals surface area contributed by atoms with Crippen LogP contribution in [0.2, 0.25) is 0 Å². The zero-order valence-corrected chi connectivity index (χ0v) is 13.1. The maximum Gasteiger partial charge on any atom is 0.307 e. The van der Waals surface area contributed by atoms with Crippen LogP contribution in [-0.2, 0) is 25.8 Å². The average Bonchev–Trinajstić information content (AvgIpc) is 2.63. The Kier molecular flexibility index (Phi) is 4.73. The topological polar surface area (TPSA) is 84.3 Å². The third kappa shape index (κ3) is 4.91. The Morgan fingerprint density at radius 3 is 2.47 bits per heavy atom. The molecule has 0 fully saturated rings. The number of hydrogen-bond donors (Lipinski definition) is 1. The molecule has 0 saturated carbocycles. The van der Waals surface area contributed by atoms with Gasteiger partial charge < -0.3 is 5.11 Å². The minimum Gasteiger partial charge on any atom is -0.481 e. The molecular weight excluding hydrogens is 286 g/mol. The van der Waals surface area contributed by atoms with Crippen molar-refractivity contribution in [1.29, 1.82) is 0 Å². The first-order valence-corrected chi connectivity index (χ1v) is 8.59. The first-order chi connectivity index (χ1) is 8.51. The van der Waals surface area contributed by atoms with E-state index in [-0.39, 0.29) is 16.9 Å². The largest absolute Gasteiger partial charge is 0.481 e. The van der Waals surface area contributed by atoms with E-state index in [0.29, 0.717) is 5.01 Å². The van der Waals surface area contributed by atoms with Crippen LogP contribution in [0.3, 0.4) is 0 Å². The molecule has 5 nitrogen and oxygen atoms in total. The van der Waals surface area contributed by atoms with Crippen LogP contribution in [0.1, 0.15) is 38.4 Å². The van der Waals surface area contributed by atoms with Crippen molar-refractivity contribution in [3.05, 3.63) is 16.1 Å². The van der Waals surface area contributed by atoms with Crippen LogP contribution in [0.5, 0.6) is 0 Å². The molecule has 1 unspecified atom stereocenters. The lowest BCUT2D eigenvalue weighted by atomic mass is 9.93. The molecule has 0 radical (unpaired) electrons. The van der Waals surface area contributed by atoms with Gasteiger partial charge in [0, 0.05) is 10.8 Å². The van der Waals surface area contributed by atoms with E-state index >= 15 is 0 Å². The predicted molar refractivity (Wildman–Crippen MR) is 75.1 cm³/mol. The molecule has 1 aromatic heterocycles. The first-order valence-electron chi connectivity index (χ1n) is 5.89. The van der Waals surface area contributed by atoms with Gasteiger partial charge in [-0.3, -0.25) is 4.79 Å². The molecule has 1 rings (SSSR count). The Hall–Kier alpha value is -0.950. The number of hydrogen-bond acceptors (Lipinski definition) is 5. The molecule has 1 atom stereocenters. The molecule has 108 valence electrons. The first kappa shape index (κ1) is 16.1. The fourth-order valence-corrected chi connectivity index (χ4v) is 4.50. The maximum absolute atomic E-state index is 11.9. The normalized spacial score (nSPS) is 14.3. The molecule has 0 saturated heterocycles. The summed E-state index contributed by atoms with van der Waals surface area (Å²) in [4.78, 5) is 15.0. The number of aliphatic carboxylic acids is 1. The highest BCUT2D eigenvalue weighted by molar-refractivity contribution is 7.90. The summed E-state index contributed by atoms with van der Waals surface area (Å²) in [6, 6.07) is 0. The second-order valence-electron chi connectivity index (χ2n) is 5.67. The summed E-state index contributed by atoms with van der Waals surface area (Å²) in [5, 5.41) is 11.1. The fraction of sp³-hybridized carbons (Fsp3) is 0.667. The summed E-state index contributed by atoms with van der Waals surface area (Å²) in [5.74, 6) is -2.54. The number of aromatic nitrogens is 1. The number of sulfone groups is 1. The molecule has 0 bridgehead atoms. The van der Waals surface area contributed by atoms with E-state index < -0.39 is 21.7 Å². The number of carbonyl (C=O) groups is 1. The van der Waals surface area contributed by atoms with Gasteiger partial charge in [-0.05, 0) is 0 Å². The molecule has 0 aliphatic rings. The Morgan fingerprint density at radius 1 is 1.47 bits per heavy atom. The SMILES string of the molecule is CC(CS(=O)(=O)Cc1nc(C(C)(C)C)cs1)C(=O)O. The van der Waals surface area contributed by atoms with E-state index in [0.717, 1.165) is 5.69 Å². The fourth-order valence-electron chi connectivity index (χ4n) is 1.42. The van der Waals surface area contributed by atoms with Crippen LogP contribution in [0, 0.1) is 5.92 Å². The second kappa shape index (κ2) is 5.58. The zero-order valence-electron chi connectivity index (χ0n) is 11.5. The van der Waals surface area contributed by atoms with Crippen molar-refractivity contribution in [2.24, 2.45) is 5.92 Å². The van der Waals surface area contributed by atoms with Gasteiger partial charge in [0.1, 0.15) is 10.8 Å². The van der Waals surface area contributed by atoms with Crippen LogP contribution >= 0.6 is 11.3 Å². The highest BCUT2D eigenvalue weighted by Crippen LogP contribution is 2.25. The zero-order chi connectivity index (χ0) is 14.8. The summed E-state index contributed by atoms with van der Waals surface area (Å²) < 4.78 is 23.8. The van der Waals surface area contributed by atoms with Gasteiger partial charge in [0.15, 0.2) is 9.84 Å². The van der Waals surface area contributed by atoms with E-state index in [9.17, 15) is 13.2 Å². The van der Waals surface area contributed by atoms with Gasteiger partial charge in [-0.25, -0.2) is 13.4 Å². The Labute approximate surface area is 117 Å². The summed E-state index contributed by atoms with van der Waals surface area (Å²) >= 11 is 1.30. The van der Waals surface area contributed by atoms with Gasteiger partial charge in [0.05, 0.1) is 17.4 Å². The van der Waals surface area contributed by atoms with Crippen molar-refractivity contribution in [2.45, 2.75) is 38.9 Å². The number of thiazole rings is 1. The monoisotopic (exact) mass is 305 g/mol. The minimum atomic E-state index is -3.44. The highest BCUT2D eigenvalue weighted by atomic mass is 32.2. The number of nitrogens with zero attached hydrogens (tertiary/aromatic N) is 1. The molecule has 1 heterocycles. The van der Waals surface area contributed by atoms with E-state index in [1.54, 1.807) is 0 Å². The van der Waals surface area contributed by atoms with E-state index in [1.807, 2.05) is 26.2 Å². The smallest absolute Gasteiger partial charge is 0.307 e. The summed E-state index contributed by atoms with van der Waals surface area (Å²) in [6.45, 7) is 7.41. The number of rotatable bonds is 5. The molecule has 0 amide bonds. The van der Waals surface area contributed by atoms with Crippen molar-refractivity contribution in [1.82, 2.24) is 4.98 Å². The van der Waals surface area contributed by atoms with Crippen LogP contribution in [0.25, 0.3) is 0 Å². The summed E-state index contributed by atoms with van der Waals surface area (Å²) in [7, 11) is -3.44. The quantitative estimate of drug-likeness (QED) is 0.900. The number of carboxylic acids is 1. The minimum absolute atomic E-state index is 0.118. The molecular formula is C12H19NO4S2. The lowest BCUT2D eigenvalue weighted by molar-refractivity contribution is -0.140. The van der Waals surface area contributed by atoms with Gasteiger partial charge in [0.2, 0.25) is 0 Å². The number of carboxylic acid groups (broad SMARTS) is 1. The third-order valence-corrected chi connectivity index (χ3v) is 5.34. The summed E-state index contributed by atoms with van der Waals surface area (Å²) in [5.41, 5.74) is 0.737. The van der Waals surface area contributed by atoms with E-state index in [2.05, 4.69) is 4.98 Å². The molecule has 1 N–H and O–H groups in total. The molecule has 0 spiro atoms. The van der Waals surface area contributed by atoms with Gasteiger partial charge >= 0.3 is 5.97 Å². The van der Waals surface area contributed by atoms with Crippen molar-refractivity contribution >= 4 is 27.1 Å². The Balaban J connectivity index is 2.79. The standard InChI is InChI=1S/C12H19NO4S2/c1-8(11(14)15)6-19(16,17)7-10-13-9(5-18-10)12(2,3)4/h5,8H,6-7H2,1-4H3,(H,14,15). The van der Waals surface area contributed by atoms with Gasteiger partial charge in [0.25, 0.3) is 0 Å². The van der Waals surface area contributed by atoms with Gasteiger partial charge in [-0.2, -0.15) is 0 Å². The molecule has 0 aliphatic carbocycles. The third-order valence-electron chi connectivity index (χ3n) is 2.59. The summed E-state index contributed by atoms with van der Waals surface area (Å²) in [6.07, 6.45) is 0. The van der Waals surface area contributed by atoms with Crippen molar-refractivity contribution in [3.8, 4) is 0 Å². The highest BCUT2D eigenvalue weighted by Gasteiger charge is 2.24. The van der Waals surface area contributed by atoms with Crippen molar-refractivity contribution in [2.75, 3.05) is 5.75 Å².